The Morgan fingerprint density at radius 3 is 2.81 bits per heavy atom. The van der Waals surface area contributed by atoms with Gasteiger partial charge >= 0.3 is 0 Å². The average molecular weight is 287 g/mol. The van der Waals surface area contributed by atoms with Crippen LogP contribution in [0.2, 0.25) is 0 Å². The number of amides is 2. The van der Waals surface area contributed by atoms with Crippen LogP contribution < -0.4 is 10.2 Å². The minimum absolute atomic E-state index is 0.0266. The summed E-state index contributed by atoms with van der Waals surface area (Å²) in [5.41, 5.74) is 1.57. The van der Waals surface area contributed by atoms with Crippen LogP contribution in [0.15, 0.2) is 18.2 Å². The smallest absolute Gasteiger partial charge is 0.249 e. The highest BCUT2D eigenvalue weighted by Crippen LogP contribution is 2.30. The first-order chi connectivity index (χ1) is 9.97. The van der Waals surface area contributed by atoms with Crippen LogP contribution in [0, 0.1) is 11.3 Å². The Bertz CT molecular complexity index is 619. The summed E-state index contributed by atoms with van der Waals surface area (Å²) in [6, 6.07) is 6.41. The van der Waals surface area contributed by atoms with Gasteiger partial charge in [0.15, 0.2) is 0 Å². The van der Waals surface area contributed by atoms with E-state index in [1.165, 1.54) is 0 Å². The molecule has 1 heterocycles. The van der Waals surface area contributed by atoms with Crippen molar-refractivity contribution in [2.75, 3.05) is 11.4 Å². The van der Waals surface area contributed by atoms with Crippen LogP contribution in [0.3, 0.4) is 0 Å². The predicted molar refractivity (Wildman–Crippen MR) is 76.4 cm³/mol. The molecule has 1 unspecified atom stereocenters. The van der Waals surface area contributed by atoms with Gasteiger partial charge in [-0.1, -0.05) is 13.0 Å². The van der Waals surface area contributed by atoms with Gasteiger partial charge in [0, 0.05) is 11.3 Å². The molecule has 0 saturated carbocycles. The van der Waals surface area contributed by atoms with Gasteiger partial charge in [-0.2, -0.15) is 5.26 Å². The van der Waals surface area contributed by atoms with Crippen LogP contribution in [0.25, 0.3) is 0 Å². The molecule has 110 valence electrons. The van der Waals surface area contributed by atoms with Gasteiger partial charge in [0.05, 0.1) is 24.3 Å². The summed E-state index contributed by atoms with van der Waals surface area (Å²) < 4.78 is 0. The van der Waals surface area contributed by atoms with Crippen molar-refractivity contribution >= 4 is 17.5 Å². The fourth-order valence-corrected chi connectivity index (χ4v) is 2.54. The lowest BCUT2D eigenvalue weighted by molar-refractivity contribution is -0.132. The number of anilines is 1. The summed E-state index contributed by atoms with van der Waals surface area (Å²) in [7, 11) is 0. The van der Waals surface area contributed by atoms with Gasteiger partial charge in [-0.15, -0.1) is 0 Å². The molecule has 21 heavy (non-hydrogen) atoms. The molecule has 0 bridgehead atoms. The topological polar surface area (TPSA) is 93.4 Å². The van der Waals surface area contributed by atoms with Crippen molar-refractivity contribution in [2.45, 2.75) is 32.4 Å². The summed E-state index contributed by atoms with van der Waals surface area (Å²) in [4.78, 5) is 25.3. The number of benzene rings is 1. The Hall–Kier alpha value is -2.39. The summed E-state index contributed by atoms with van der Waals surface area (Å²) in [6.45, 7) is 3.49. The zero-order chi connectivity index (χ0) is 15.6. The van der Waals surface area contributed by atoms with E-state index in [4.69, 9.17) is 5.26 Å². The number of imide groups is 1. The molecule has 2 N–H and O–H groups in total. The summed E-state index contributed by atoms with van der Waals surface area (Å²) in [5.74, 6) is -0.740. The quantitative estimate of drug-likeness (QED) is 0.804. The SMILES string of the molecule is CCC1C(=O)NC(=O)CN1c1cc(C#N)ccc1[C@H](C)O. The van der Waals surface area contributed by atoms with Crippen LogP contribution in [0.5, 0.6) is 0 Å². The van der Waals surface area contributed by atoms with Crippen molar-refractivity contribution in [1.29, 1.82) is 5.26 Å². The fraction of sp³-hybridized carbons (Fsp3) is 0.400. The first-order valence-electron chi connectivity index (χ1n) is 6.80. The molecule has 0 aromatic heterocycles. The van der Waals surface area contributed by atoms with Crippen molar-refractivity contribution in [3.63, 3.8) is 0 Å². The second-order valence-electron chi connectivity index (χ2n) is 5.03. The van der Waals surface area contributed by atoms with Crippen molar-refractivity contribution in [1.82, 2.24) is 5.32 Å². The van der Waals surface area contributed by atoms with Crippen LogP contribution in [0.4, 0.5) is 5.69 Å². The second-order valence-corrected chi connectivity index (χ2v) is 5.03. The molecule has 1 aromatic rings. The molecule has 6 heteroatoms. The lowest BCUT2D eigenvalue weighted by Gasteiger charge is -2.36. The second kappa shape index (κ2) is 5.94. The first kappa shape index (κ1) is 15.0. The number of hydrogen-bond donors (Lipinski definition) is 2. The predicted octanol–water partition coefficient (Wildman–Crippen LogP) is 0.853. The molecule has 1 fully saturated rings. The van der Waals surface area contributed by atoms with E-state index in [0.717, 1.165) is 0 Å². The maximum atomic E-state index is 12.0. The first-order valence-corrected chi connectivity index (χ1v) is 6.80. The molecule has 0 spiro atoms. The summed E-state index contributed by atoms with van der Waals surface area (Å²) >= 11 is 0. The van der Waals surface area contributed by atoms with E-state index in [-0.39, 0.29) is 18.4 Å². The minimum Gasteiger partial charge on any atom is -0.389 e. The minimum atomic E-state index is -0.759. The summed E-state index contributed by atoms with van der Waals surface area (Å²) in [6.07, 6.45) is -0.236. The molecule has 2 atom stereocenters. The van der Waals surface area contributed by atoms with Gasteiger partial charge in [-0.3, -0.25) is 14.9 Å². The number of nitriles is 1. The van der Waals surface area contributed by atoms with E-state index >= 15 is 0 Å². The molecule has 6 nitrogen and oxygen atoms in total. The van der Waals surface area contributed by atoms with E-state index in [9.17, 15) is 14.7 Å². The largest absolute Gasteiger partial charge is 0.389 e. The lowest BCUT2D eigenvalue weighted by Crippen LogP contribution is -2.58. The normalized spacial score (nSPS) is 19.9. The number of aliphatic hydroxyl groups is 1. The van der Waals surface area contributed by atoms with E-state index in [0.29, 0.717) is 23.2 Å². The van der Waals surface area contributed by atoms with E-state index < -0.39 is 12.1 Å². The average Bonchev–Trinajstić information content (AvgIpc) is 2.45. The van der Waals surface area contributed by atoms with Crippen LogP contribution in [-0.4, -0.2) is 29.5 Å². The van der Waals surface area contributed by atoms with Crippen LogP contribution in [0.1, 0.15) is 37.5 Å². The molecule has 0 aliphatic carbocycles. The number of carbonyl (C=O) groups excluding carboxylic acids is 2. The van der Waals surface area contributed by atoms with Gasteiger partial charge in [-0.05, 0) is 25.5 Å². The van der Waals surface area contributed by atoms with E-state index in [1.807, 2.05) is 13.0 Å². The fourth-order valence-electron chi connectivity index (χ4n) is 2.54. The van der Waals surface area contributed by atoms with Crippen molar-refractivity contribution in [2.24, 2.45) is 0 Å². The van der Waals surface area contributed by atoms with Crippen LogP contribution in [-0.2, 0) is 9.59 Å². The lowest BCUT2D eigenvalue weighted by atomic mass is 10.0. The Kier molecular flexibility index (Phi) is 4.24. The van der Waals surface area contributed by atoms with E-state index in [1.54, 1.807) is 30.0 Å². The maximum Gasteiger partial charge on any atom is 0.249 e. The number of aliphatic hydroxyl groups excluding tert-OH is 1. The zero-order valence-corrected chi connectivity index (χ0v) is 12.0. The number of nitrogens with zero attached hydrogens (tertiary/aromatic N) is 2. The van der Waals surface area contributed by atoms with Gasteiger partial charge in [0.25, 0.3) is 0 Å². The van der Waals surface area contributed by atoms with Gasteiger partial charge in [-0.25, -0.2) is 0 Å². The number of hydrogen-bond acceptors (Lipinski definition) is 5. The third-order valence-electron chi connectivity index (χ3n) is 3.56. The van der Waals surface area contributed by atoms with Crippen molar-refractivity contribution in [3.8, 4) is 6.07 Å². The number of rotatable bonds is 3. The Labute approximate surface area is 123 Å². The molecule has 1 aliphatic heterocycles. The molecule has 2 amide bonds. The van der Waals surface area contributed by atoms with Crippen molar-refractivity contribution in [3.05, 3.63) is 29.3 Å². The third kappa shape index (κ3) is 2.88. The molecular weight excluding hydrogens is 270 g/mol. The standard InChI is InChI=1S/C15H17N3O3/c1-3-12-15(21)17-14(20)8-18(12)13-6-10(7-16)4-5-11(13)9(2)19/h4-6,9,12,19H,3,8H2,1-2H3,(H,17,20,21)/t9-,12?/m0/s1. The Morgan fingerprint density at radius 1 is 1.52 bits per heavy atom. The number of piperazine rings is 1. The van der Waals surface area contributed by atoms with E-state index in [2.05, 4.69) is 5.32 Å². The Morgan fingerprint density at radius 2 is 2.24 bits per heavy atom. The molecule has 1 aromatic carbocycles. The summed E-state index contributed by atoms with van der Waals surface area (Å²) in [5, 5.41) is 21.2. The molecule has 1 saturated heterocycles. The number of nitrogens with one attached hydrogen (secondary N) is 1. The molecule has 0 radical (unpaired) electrons. The molecular formula is C15H17N3O3. The maximum absolute atomic E-state index is 12.0. The highest BCUT2D eigenvalue weighted by Gasteiger charge is 2.34. The molecule has 2 rings (SSSR count). The zero-order valence-electron chi connectivity index (χ0n) is 12.0. The van der Waals surface area contributed by atoms with Gasteiger partial charge < -0.3 is 10.0 Å². The molecule has 1 aliphatic rings. The Balaban J connectivity index is 2.54. The van der Waals surface area contributed by atoms with Crippen molar-refractivity contribution < 1.29 is 14.7 Å². The van der Waals surface area contributed by atoms with Crippen LogP contribution >= 0.6 is 0 Å². The van der Waals surface area contributed by atoms with Gasteiger partial charge in [0.2, 0.25) is 11.8 Å². The highest BCUT2D eigenvalue weighted by atomic mass is 16.3. The third-order valence-corrected chi connectivity index (χ3v) is 3.56. The van der Waals surface area contributed by atoms with Gasteiger partial charge in [0.1, 0.15) is 6.04 Å². The monoisotopic (exact) mass is 287 g/mol. The number of carbonyl (C=O) groups is 2. The highest BCUT2D eigenvalue weighted by molar-refractivity contribution is 6.04.